The van der Waals surface area contributed by atoms with Crippen LogP contribution in [0, 0.1) is 0 Å². The summed E-state index contributed by atoms with van der Waals surface area (Å²) in [4.78, 5) is 27.8. The third-order valence-corrected chi connectivity index (χ3v) is 3.00. The summed E-state index contributed by atoms with van der Waals surface area (Å²) in [5, 5.41) is 8.27. The van der Waals surface area contributed by atoms with Crippen molar-refractivity contribution in [3.05, 3.63) is 59.9 Å². The summed E-state index contributed by atoms with van der Waals surface area (Å²) in [5.41, 5.74) is 2.03. The van der Waals surface area contributed by atoms with E-state index in [0.29, 0.717) is 17.8 Å². The molecule has 0 aliphatic carbocycles. The average Bonchev–Trinajstić information content (AvgIpc) is 2.53. The fraction of sp³-hybridized carbons (Fsp3) is 0.235. The predicted molar refractivity (Wildman–Crippen MR) is 89.1 cm³/mol. The van der Waals surface area contributed by atoms with Crippen LogP contribution < -0.4 is 16.0 Å². The Morgan fingerprint density at radius 3 is 2.57 bits per heavy atom. The van der Waals surface area contributed by atoms with Gasteiger partial charge in [0.1, 0.15) is 0 Å². The molecule has 0 unspecified atom stereocenters. The highest BCUT2D eigenvalue weighted by molar-refractivity contribution is 5.96. The van der Waals surface area contributed by atoms with Gasteiger partial charge < -0.3 is 16.0 Å². The molecule has 0 spiro atoms. The summed E-state index contributed by atoms with van der Waals surface area (Å²) < 4.78 is 0. The third-order valence-electron chi connectivity index (χ3n) is 3.00. The largest absolute Gasteiger partial charge is 0.348 e. The van der Waals surface area contributed by atoms with E-state index >= 15 is 0 Å². The van der Waals surface area contributed by atoms with E-state index in [2.05, 4.69) is 20.9 Å². The predicted octanol–water partition coefficient (Wildman–Crippen LogP) is 2.54. The van der Waals surface area contributed by atoms with Gasteiger partial charge in [-0.15, -0.1) is 0 Å². The van der Waals surface area contributed by atoms with Crippen molar-refractivity contribution in [2.45, 2.75) is 26.4 Å². The lowest BCUT2D eigenvalue weighted by Crippen LogP contribution is -2.34. The molecule has 0 aliphatic rings. The molecule has 0 radical (unpaired) electrons. The molecule has 6 heteroatoms. The molecule has 3 amide bonds. The van der Waals surface area contributed by atoms with Gasteiger partial charge in [0.15, 0.2) is 0 Å². The molecule has 1 aromatic heterocycles. The zero-order valence-corrected chi connectivity index (χ0v) is 13.2. The van der Waals surface area contributed by atoms with Crippen LogP contribution in [0.4, 0.5) is 10.5 Å². The highest BCUT2D eigenvalue weighted by Gasteiger charge is 2.08. The Morgan fingerprint density at radius 2 is 1.87 bits per heavy atom. The SMILES string of the molecule is CC(C)NC(=O)Nc1cccc(C(=O)NCc2ccncc2)c1. The molecule has 0 aliphatic heterocycles. The van der Waals surface area contributed by atoms with E-state index in [0.717, 1.165) is 5.56 Å². The second kappa shape index (κ2) is 7.93. The van der Waals surface area contributed by atoms with Gasteiger partial charge in [0.2, 0.25) is 0 Å². The molecule has 0 saturated heterocycles. The quantitative estimate of drug-likeness (QED) is 0.793. The Bertz CT molecular complexity index is 671. The molecule has 0 fully saturated rings. The van der Waals surface area contributed by atoms with Crippen molar-refractivity contribution in [3.8, 4) is 0 Å². The van der Waals surface area contributed by atoms with E-state index in [-0.39, 0.29) is 18.0 Å². The molecule has 120 valence electrons. The van der Waals surface area contributed by atoms with Gasteiger partial charge in [0.25, 0.3) is 5.91 Å². The van der Waals surface area contributed by atoms with Crippen molar-refractivity contribution in [1.29, 1.82) is 0 Å². The molecule has 23 heavy (non-hydrogen) atoms. The van der Waals surface area contributed by atoms with Crippen LogP contribution in [0.3, 0.4) is 0 Å². The summed E-state index contributed by atoms with van der Waals surface area (Å²) in [7, 11) is 0. The molecule has 6 nitrogen and oxygen atoms in total. The minimum Gasteiger partial charge on any atom is -0.348 e. The lowest BCUT2D eigenvalue weighted by Gasteiger charge is -2.11. The first kappa shape index (κ1) is 16.5. The number of rotatable bonds is 5. The molecule has 3 N–H and O–H groups in total. The monoisotopic (exact) mass is 312 g/mol. The summed E-state index contributed by atoms with van der Waals surface area (Å²) in [6.07, 6.45) is 3.36. The lowest BCUT2D eigenvalue weighted by atomic mass is 10.2. The Kier molecular flexibility index (Phi) is 5.68. The number of nitrogens with zero attached hydrogens (tertiary/aromatic N) is 1. The van der Waals surface area contributed by atoms with Crippen molar-refractivity contribution < 1.29 is 9.59 Å². The van der Waals surface area contributed by atoms with Gasteiger partial charge in [-0.3, -0.25) is 9.78 Å². The number of anilines is 1. The van der Waals surface area contributed by atoms with Gasteiger partial charge in [-0.2, -0.15) is 0 Å². The van der Waals surface area contributed by atoms with Gasteiger partial charge in [-0.05, 0) is 49.7 Å². The van der Waals surface area contributed by atoms with Crippen LogP contribution in [0.25, 0.3) is 0 Å². The molecule has 1 aromatic carbocycles. The summed E-state index contributed by atoms with van der Waals surface area (Å²) in [5.74, 6) is -0.199. The van der Waals surface area contributed by atoms with Gasteiger partial charge in [0.05, 0.1) is 0 Å². The topological polar surface area (TPSA) is 83.1 Å². The van der Waals surface area contributed by atoms with Crippen LogP contribution in [0.1, 0.15) is 29.8 Å². The van der Waals surface area contributed by atoms with E-state index in [9.17, 15) is 9.59 Å². The summed E-state index contributed by atoms with van der Waals surface area (Å²) >= 11 is 0. The number of carbonyl (C=O) groups excluding carboxylic acids is 2. The first-order valence-corrected chi connectivity index (χ1v) is 7.39. The molecular weight excluding hydrogens is 292 g/mol. The Morgan fingerprint density at radius 1 is 1.13 bits per heavy atom. The fourth-order valence-corrected chi connectivity index (χ4v) is 1.95. The van der Waals surface area contributed by atoms with E-state index in [4.69, 9.17) is 0 Å². The number of hydrogen-bond donors (Lipinski definition) is 3. The maximum Gasteiger partial charge on any atom is 0.319 e. The van der Waals surface area contributed by atoms with Crippen LogP contribution in [-0.4, -0.2) is 23.0 Å². The summed E-state index contributed by atoms with van der Waals surface area (Å²) in [6.45, 7) is 4.18. The normalized spacial score (nSPS) is 10.2. The second-order valence-electron chi connectivity index (χ2n) is 5.37. The zero-order valence-electron chi connectivity index (χ0n) is 13.2. The van der Waals surface area contributed by atoms with Gasteiger partial charge in [0, 0.05) is 36.2 Å². The number of nitrogens with one attached hydrogen (secondary N) is 3. The van der Waals surface area contributed by atoms with Crippen molar-refractivity contribution in [1.82, 2.24) is 15.6 Å². The van der Waals surface area contributed by atoms with Crippen molar-refractivity contribution in [2.24, 2.45) is 0 Å². The summed E-state index contributed by atoms with van der Waals surface area (Å²) in [6, 6.07) is 10.2. The maximum absolute atomic E-state index is 12.2. The molecule has 0 bridgehead atoms. The minimum absolute atomic E-state index is 0.0434. The average molecular weight is 312 g/mol. The number of aromatic nitrogens is 1. The highest BCUT2D eigenvalue weighted by Crippen LogP contribution is 2.11. The number of hydrogen-bond acceptors (Lipinski definition) is 3. The molecule has 0 saturated carbocycles. The Labute approximate surface area is 135 Å². The van der Waals surface area contributed by atoms with Crippen LogP contribution in [0.15, 0.2) is 48.8 Å². The zero-order chi connectivity index (χ0) is 16.7. The van der Waals surface area contributed by atoms with E-state index in [1.54, 1.807) is 36.7 Å². The number of amides is 3. The van der Waals surface area contributed by atoms with E-state index in [1.807, 2.05) is 26.0 Å². The number of urea groups is 1. The standard InChI is InChI=1S/C17H20N4O2/c1-12(2)20-17(23)21-15-5-3-4-14(10-15)16(22)19-11-13-6-8-18-9-7-13/h3-10,12H,11H2,1-2H3,(H,19,22)(H2,20,21,23). The van der Waals surface area contributed by atoms with Crippen LogP contribution >= 0.6 is 0 Å². The highest BCUT2D eigenvalue weighted by atomic mass is 16.2. The van der Waals surface area contributed by atoms with E-state index < -0.39 is 0 Å². The molecule has 2 rings (SSSR count). The number of benzene rings is 1. The minimum atomic E-state index is -0.297. The molecule has 0 atom stereocenters. The van der Waals surface area contributed by atoms with Crippen molar-refractivity contribution in [3.63, 3.8) is 0 Å². The van der Waals surface area contributed by atoms with Crippen LogP contribution in [0.2, 0.25) is 0 Å². The third kappa shape index (κ3) is 5.43. The van der Waals surface area contributed by atoms with Crippen molar-refractivity contribution >= 4 is 17.6 Å². The maximum atomic E-state index is 12.2. The second-order valence-corrected chi connectivity index (χ2v) is 5.37. The van der Waals surface area contributed by atoms with Gasteiger partial charge >= 0.3 is 6.03 Å². The van der Waals surface area contributed by atoms with Gasteiger partial charge in [-0.25, -0.2) is 4.79 Å². The first-order chi connectivity index (χ1) is 11.0. The fourth-order valence-electron chi connectivity index (χ4n) is 1.95. The molecule has 2 aromatic rings. The van der Waals surface area contributed by atoms with Crippen molar-refractivity contribution in [2.75, 3.05) is 5.32 Å². The molecular formula is C17H20N4O2. The Balaban J connectivity index is 1.95. The van der Waals surface area contributed by atoms with Crippen LogP contribution in [-0.2, 0) is 6.54 Å². The van der Waals surface area contributed by atoms with Gasteiger partial charge in [-0.1, -0.05) is 6.07 Å². The smallest absolute Gasteiger partial charge is 0.319 e. The first-order valence-electron chi connectivity index (χ1n) is 7.39. The molecule has 1 heterocycles. The number of carbonyl (C=O) groups is 2. The number of pyridine rings is 1. The Hall–Kier alpha value is -2.89. The van der Waals surface area contributed by atoms with E-state index in [1.165, 1.54) is 0 Å². The lowest BCUT2D eigenvalue weighted by molar-refractivity contribution is 0.0951. The van der Waals surface area contributed by atoms with Crippen LogP contribution in [0.5, 0.6) is 0 Å².